The highest BCUT2D eigenvalue weighted by atomic mass is 127. The van der Waals surface area contributed by atoms with Crippen molar-refractivity contribution in [2.24, 2.45) is 0 Å². The largest absolute Gasteiger partial charge is 0.383 e. The molecule has 7 heteroatoms. The Kier molecular flexibility index (Phi) is 3.11. The van der Waals surface area contributed by atoms with E-state index in [9.17, 15) is 0 Å². The van der Waals surface area contributed by atoms with Crippen LogP contribution in [0.5, 0.6) is 0 Å². The molecule has 0 unspecified atom stereocenters. The van der Waals surface area contributed by atoms with E-state index in [1.54, 1.807) is 6.20 Å². The van der Waals surface area contributed by atoms with Gasteiger partial charge in [-0.3, -0.25) is 0 Å². The monoisotopic (exact) mass is 364 g/mol. The number of nitrogen functional groups attached to an aromatic ring is 1. The van der Waals surface area contributed by atoms with Crippen LogP contribution in [0.1, 0.15) is 0 Å². The number of halogens is 1. The molecular weight excluding hydrogens is 355 g/mol. The zero-order chi connectivity index (χ0) is 13.2. The van der Waals surface area contributed by atoms with Crippen LogP contribution in [-0.4, -0.2) is 25.4 Å². The fourth-order valence-corrected chi connectivity index (χ4v) is 2.23. The third kappa shape index (κ3) is 2.28. The Morgan fingerprint density at radius 3 is 2.58 bits per heavy atom. The van der Waals surface area contributed by atoms with Gasteiger partial charge in [0.15, 0.2) is 5.82 Å². The Morgan fingerprint density at radius 1 is 1.11 bits per heavy atom. The molecule has 3 rings (SSSR count). The molecule has 0 spiro atoms. The van der Waals surface area contributed by atoms with Gasteiger partial charge < -0.3 is 5.73 Å². The quantitative estimate of drug-likeness (QED) is 0.680. The second kappa shape index (κ2) is 4.92. The lowest BCUT2D eigenvalue weighted by molar-refractivity contribution is 0.938. The molecule has 0 amide bonds. The van der Waals surface area contributed by atoms with Crippen molar-refractivity contribution >= 4 is 28.4 Å². The van der Waals surface area contributed by atoms with Gasteiger partial charge in [0.1, 0.15) is 11.5 Å². The number of nitrogens with two attached hydrogens (primary N) is 1. The molecular formula is C12H9IN6. The van der Waals surface area contributed by atoms with Crippen LogP contribution in [0.15, 0.2) is 36.5 Å². The average Bonchev–Trinajstić information content (AvgIpc) is 2.97. The minimum Gasteiger partial charge on any atom is -0.383 e. The summed E-state index contributed by atoms with van der Waals surface area (Å²) in [6, 6.07) is 9.84. The lowest BCUT2D eigenvalue weighted by Gasteiger charge is -2.07. The number of nitrogens with zero attached hydrogens (tertiary/aromatic N) is 4. The second-order valence-electron chi connectivity index (χ2n) is 3.82. The lowest BCUT2D eigenvalue weighted by Crippen LogP contribution is -2.02. The molecule has 3 aromatic rings. The molecule has 0 bridgehead atoms. The molecule has 6 nitrogen and oxygen atoms in total. The lowest BCUT2D eigenvalue weighted by atomic mass is 10.1. The number of hydrogen-bond acceptors (Lipinski definition) is 5. The van der Waals surface area contributed by atoms with Gasteiger partial charge in [0, 0.05) is 5.56 Å². The van der Waals surface area contributed by atoms with Gasteiger partial charge in [0.05, 0.1) is 15.5 Å². The second-order valence-corrected chi connectivity index (χ2v) is 4.90. The minimum absolute atomic E-state index is 0.437. The summed E-state index contributed by atoms with van der Waals surface area (Å²) < 4.78 is 0.830. The van der Waals surface area contributed by atoms with E-state index >= 15 is 0 Å². The normalized spacial score (nSPS) is 10.6. The molecule has 0 saturated heterocycles. The van der Waals surface area contributed by atoms with Gasteiger partial charge in [-0.25, -0.2) is 9.97 Å². The highest BCUT2D eigenvalue weighted by molar-refractivity contribution is 14.1. The molecule has 0 radical (unpaired) electrons. The summed E-state index contributed by atoms with van der Waals surface area (Å²) >= 11 is 2.15. The maximum atomic E-state index is 5.95. The van der Waals surface area contributed by atoms with Gasteiger partial charge in [-0.2, -0.15) is 15.4 Å². The third-order valence-corrected chi connectivity index (χ3v) is 3.63. The summed E-state index contributed by atoms with van der Waals surface area (Å²) in [6.45, 7) is 0. The van der Waals surface area contributed by atoms with Crippen LogP contribution in [0, 0.1) is 3.57 Å². The first-order valence-electron chi connectivity index (χ1n) is 5.50. The van der Waals surface area contributed by atoms with Crippen molar-refractivity contribution < 1.29 is 0 Å². The van der Waals surface area contributed by atoms with Gasteiger partial charge in [0.25, 0.3) is 0 Å². The van der Waals surface area contributed by atoms with Crippen LogP contribution in [-0.2, 0) is 0 Å². The molecule has 0 atom stereocenters. The summed E-state index contributed by atoms with van der Waals surface area (Å²) in [4.78, 5) is 8.76. The average molecular weight is 364 g/mol. The number of aromatic amines is 1. The number of benzene rings is 1. The Balaban J connectivity index is 2.20. The summed E-state index contributed by atoms with van der Waals surface area (Å²) in [5, 5.41) is 10.3. The SMILES string of the molecule is Nc1nc(-c2cn[nH]n2)nc(-c2ccccc2)c1I. The van der Waals surface area contributed by atoms with Gasteiger partial charge in [-0.15, -0.1) is 0 Å². The number of nitrogens with one attached hydrogen (secondary N) is 1. The molecule has 0 aliphatic carbocycles. The van der Waals surface area contributed by atoms with Crippen molar-refractivity contribution in [3.8, 4) is 22.8 Å². The molecule has 3 N–H and O–H groups in total. The maximum Gasteiger partial charge on any atom is 0.184 e. The van der Waals surface area contributed by atoms with Crippen LogP contribution in [0.3, 0.4) is 0 Å². The fourth-order valence-electron chi connectivity index (χ4n) is 1.68. The van der Waals surface area contributed by atoms with E-state index in [1.807, 2.05) is 30.3 Å². The van der Waals surface area contributed by atoms with E-state index in [-0.39, 0.29) is 0 Å². The molecule has 19 heavy (non-hydrogen) atoms. The predicted octanol–water partition coefficient (Wildman–Crippen LogP) is 2.12. The summed E-state index contributed by atoms with van der Waals surface area (Å²) in [5.41, 5.74) is 8.31. The van der Waals surface area contributed by atoms with Gasteiger partial charge in [-0.1, -0.05) is 30.3 Å². The van der Waals surface area contributed by atoms with Crippen molar-refractivity contribution in [2.45, 2.75) is 0 Å². The van der Waals surface area contributed by atoms with Crippen LogP contribution < -0.4 is 5.73 Å². The van der Waals surface area contributed by atoms with Crippen molar-refractivity contribution in [3.05, 3.63) is 40.1 Å². The van der Waals surface area contributed by atoms with E-state index in [0.29, 0.717) is 17.3 Å². The first kappa shape index (κ1) is 12.0. The predicted molar refractivity (Wildman–Crippen MR) is 80.0 cm³/mol. The first-order chi connectivity index (χ1) is 9.25. The highest BCUT2D eigenvalue weighted by Gasteiger charge is 2.14. The highest BCUT2D eigenvalue weighted by Crippen LogP contribution is 2.28. The zero-order valence-corrected chi connectivity index (χ0v) is 11.9. The van der Waals surface area contributed by atoms with E-state index < -0.39 is 0 Å². The van der Waals surface area contributed by atoms with Crippen molar-refractivity contribution in [3.63, 3.8) is 0 Å². The first-order valence-corrected chi connectivity index (χ1v) is 6.58. The van der Waals surface area contributed by atoms with Crippen LogP contribution >= 0.6 is 22.6 Å². The summed E-state index contributed by atoms with van der Waals surface area (Å²) in [6.07, 6.45) is 1.57. The number of rotatable bonds is 2. The number of anilines is 1. The molecule has 0 aliphatic heterocycles. The Morgan fingerprint density at radius 2 is 1.89 bits per heavy atom. The zero-order valence-electron chi connectivity index (χ0n) is 9.71. The van der Waals surface area contributed by atoms with E-state index in [0.717, 1.165) is 14.8 Å². The number of aromatic nitrogens is 5. The van der Waals surface area contributed by atoms with Gasteiger partial charge >= 0.3 is 0 Å². The van der Waals surface area contributed by atoms with Gasteiger partial charge in [-0.05, 0) is 22.6 Å². The Hall–Kier alpha value is -2.03. The molecule has 0 fully saturated rings. The summed E-state index contributed by atoms with van der Waals surface area (Å²) in [7, 11) is 0. The Labute approximate surface area is 122 Å². The van der Waals surface area contributed by atoms with Gasteiger partial charge in [0.2, 0.25) is 0 Å². The van der Waals surface area contributed by atoms with Crippen molar-refractivity contribution in [1.29, 1.82) is 0 Å². The van der Waals surface area contributed by atoms with E-state index in [2.05, 4.69) is 48.0 Å². The van der Waals surface area contributed by atoms with E-state index in [1.165, 1.54) is 0 Å². The van der Waals surface area contributed by atoms with Crippen molar-refractivity contribution in [2.75, 3.05) is 5.73 Å². The smallest absolute Gasteiger partial charge is 0.184 e. The minimum atomic E-state index is 0.437. The molecule has 0 aliphatic rings. The van der Waals surface area contributed by atoms with Crippen LogP contribution in [0.25, 0.3) is 22.8 Å². The van der Waals surface area contributed by atoms with Crippen LogP contribution in [0.2, 0.25) is 0 Å². The fraction of sp³-hybridized carbons (Fsp3) is 0. The molecule has 0 saturated carbocycles. The topological polar surface area (TPSA) is 93.4 Å². The summed E-state index contributed by atoms with van der Waals surface area (Å²) in [5.74, 6) is 0.901. The maximum absolute atomic E-state index is 5.95. The molecule has 94 valence electrons. The molecule has 2 aromatic heterocycles. The van der Waals surface area contributed by atoms with Crippen LogP contribution in [0.4, 0.5) is 5.82 Å². The number of hydrogen-bond donors (Lipinski definition) is 2. The molecule has 2 heterocycles. The Bertz CT molecular complexity index is 696. The van der Waals surface area contributed by atoms with E-state index in [4.69, 9.17) is 5.73 Å². The number of H-pyrrole nitrogens is 1. The standard InChI is InChI=1S/C12H9IN6/c13-9-10(7-4-2-1-3-5-7)16-12(17-11(9)14)8-6-15-19-18-8/h1-6H,(H2,14,16,17)(H,15,18,19). The third-order valence-electron chi connectivity index (χ3n) is 2.57. The van der Waals surface area contributed by atoms with Crippen molar-refractivity contribution in [1.82, 2.24) is 25.4 Å². The molecule has 1 aromatic carbocycles.